The fraction of sp³-hybridized carbons (Fsp3) is 0.400. The van der Waals surface area contributed by atoms with E-state index in [1.54, 1.807) is 31.4 Å². The van der Waals surface area contributed by atoms with Gasteiger partial charge in [-0.15, -0.1) is 0 Å². The van der Waals surface area contributed by atoms with Crippen molar-refractivity contribution in [3.63, 3.8) is 0 Å². The molecule has 2 aliphatic heterocycles. The van der Waals surface area contributed by atoms with Crippen LogP contribution in [0.3, 0.4) is 0 Å². The molecule has 138 valence electrons. The molecule has 6 heteroatoms. The molecule has 2 aromatic rings. The molecule has 6 nitrogen and oxygen atoms in total. The summed E-state index contributed by atoms with van der Waals surface area (Å²) in [6.45, 7) is 1.86. The maximum atomic E-state index is 10.6. The van der Waals surface area contributed by atoms with Crippen molar-refractivity contribution in [2.24, 2.45) is 0 Å². The third kappa shape index (κ3) is 3.29. The number of rotatable bonds is 4. The van der Waals surface area contributed by atoms with E-state index >= 15 is 0 Å². The van der Waals surface area contributed by atoms with E-state index in [2.05, 4.69) is 0 Å². The van der Waals surface area contributed by atoms with Crippen LogP contribution in [-0.4, -0.2) is 42.9 Å². The van der Waals surface area contributed by atoms with E-state index < -0.39 is 30.9 Å². The number of hydrogen-bond acceptors (Lipinski definition) is 6. The van der Waals surface area contributed by atoms with Gasteiger partial charge < -0.3 is 28.8 Å². The highest BCUT2D eigenvalue weighted by atomic mass is 16.8. The molecule has 0 aromatic heterocycles. The molecule has 0 amide bonds. The van der Waals surface area contributed by atoms with E-state index in [-0.39, 0.29) is 6.10 Å². The highest BCUT2D eigenvalue weighted by Crippen LogP contribution is 2.38. The SMILES string of the molecule is COc1ccc(O[C@@H]2O[C@@H](C)[C@@H]3OC(c4ccccc4)O[C@@H]2[C@@H]3O)cc1. The fourth-order valence-corrected chi connectivity index (χ4v) is 3.30. The van der Waals surface area contributed by atoms with Gasteiger partial charge >= 0.3 is 0 Å². The average Bonchev–Trinajstić information content (AvgIpc) is 2.67. The lowest BCUT2D eigenvalue weighted by Crippen LogP contribution is -2.63. The molecule has 2 aliphatic rings. The van der Waals surface area contributed by atoms with Crippen LogP contribution in [0.25, 0.3) is 0 Å². The number of methoxy groups -OCH3 is 1. The molecule has 4 rings (SSSR count). The molecule has 1 N–H and O–H groups in total. The Balaban J connectivity index is 1.54. The van der Waals surface area contributed by atoms with Gasteiger partial charge in [-0.2, -0.15) is 0 Å². The monoisotopic (exact) mass is 358 g/mol. The third-order valence-electron chi connectivity index (χ3n) is 4.70. The molecule has 2 bridgehead atoms. The Kier molecular flexibility index (Phi) is 4.82. The molecule has 2 fully saturated rings. The molecule has 0 spiro atoms. The molecular weight excluding hydrogens is 336 g/mol. The van der Waals surface area contributed by atoms with E-state index in [4.69, 9.17) is 23.7 Å². The summed E-state index contributed by atoms with van der Waals surface area (Å²) in [5.74, 6) is 1.35. The summed E-state index contributed by atoms with van der Waals surface area (Å²) in [6, 6.07) is 16.8. The number of aliphatic hydroxyl groups excluding tert-OH is 1. The summed E-state index contributed by atoms with van der Waals surface area (Å²) in [7, 11) is 1.61. The van der Waals surface area contributed by atoms with Gasteiger partial charge in [0.2, 0.25) is 6.29 Å². The van der Waals surface area contributed by atoms with Crippen molar-refractivity contribution >= 4 is 0 Å². The van der Waals surface area contributed by atoms with Gasteiger partial charge in [0.25, 0.3) is 0 Å². The van der Waals surface area contributed by atoms with Crippen molar-refractivity contribution < 1.29 is 28.8 Å². The fourth-order valence-electron chi connectivity index (χ4n) is 3.30. The number of hydrogen-bond donors (Lipinski definition) is 1. The molecule has 0 radical (unpaired) electrons. The first-order valence-electron chi connectivity index (χ1n) is 8.66. The topological polar surface area (TPSA) is 66.4 Å². The Labute approximate surface area is 152 Å². The zero-order chi connectivity index (χ0) is 18.1. The minimum atomic E-state index is -0.832. The molecular formula is C20H22O6. The van der Waals surface area contributed by atoms with Crippen molar-refractivity contribution in [2.75, 3.05) is 7.11 Å². The quantitative estimate of drug-likeness (QED) is 0.906. The predicted octanol–water partition coefficient (Wildman–Crippen LogP) is 2.66. The van der Waals surface area contributed by atoms with Gasteiger partial charge in [0, 0.05) is 5.56 Å². The highest BCUT2D eigenvalue weighted by Gasteiger charge is 2.51. The number of aliphatic hydroxyl groups is 1. The average molecular weight is 358 g/mol. The second-order valence-corrected chi connectivity index (χ2v) is 6.44. The van der Waals surface area contributed by atoms with Crippen molar-refractivity contribution in [2.45, 2.75) is 43.9 Å². The zero-order valence-corrected chi connectivity index (χ0v) is 14.6. The summed E-state index contributed by atoms with van der Waals surface area (Å²) in [5, 5.41) is 10.6. The van der Waals surface area contributed by atoms with Gasteiger partial charge in [0.15, 0.2) is 12.4 Å². The van der Waals surface area contributed by atoms with E-state index in [1.165, 1.54) is 0 Å². The molecule has 0 saturated carbocycles. The minimum Gasteiger partial charge on any atom is -0.497 e. The van der Waals surface area contributed by atoms with Crippen LogP contribution in [0.1, 0.15) is 18.8 Å². The lowest BCUT2D eigenvalue weighted by molar-refractivity contribution is -0.381. The summed E-state index contributed by atoms with van der Waals surface area (Å²) in [6.07, 6.45) is -3.60. The van der Waals surface area contributed by atoms with Crippen LogP contribution >= 0.6 is 0 Å². The van der Waals surface area contributed by atoms with Crippen molar-refractivity contribution in [3.05, 3.63) is 60.2 Å². The lowest BCUT2D eigenvalue weighted by atomic mass is 9.97. The Hall–Kier alpha value is -2.12. The molecule has 2 heterocycles. The summed E-state index contributed by atoms with van der Waals surface area (Å²) < 4.78 is 28.9. The smallest absolute Gasteiger partial charge is 0.229 e. The minimum absolute atomic E-state index is 0.334. The van der Waals surface area contributed by atoms with Crippen molar-refractivity contribution in [3.8, 4) is 11.5 Å². The van der Waals surface area contributed by atoms with Crippen molar-refractivity contribution in [1.82, 2.24) is 0 Å². The van der Waals surface area contributed by atoms with Gasteiger partial charge in [-0.25, -0.2) is 0 Å². The Morgan fingerprint density at radius 1 is 0.846 bits per heavy atom. The van der Waals surface area contributed by atoms with Crippen LogP contribution in [0.5, 0.6) is 11.5 Å². The number of benzene rings is 2. The van der Waals surface area contributed by atoms with Crippen LogP contribution in [0.15, 0.2) is 54.6 Å². The predicted molar refractivity (Wildman–Crippen MR) is 92.9 cm³/mol. The van der Waals surface area contributed by atoms with Crippen LogP contribution in [0.4, 0.5) is 0 Å². The standard InChI is InChI=1S/C20H22O6/c1-12-17-16(21)18(26-19(25-17)13-6-4-3-5-7-13)20(23-12)24-15-10-8-14(22-2)9-11-15/h3-12,16-21H,1-2H3/t12-,16+,17-,18+,19?,20-/m0/s1. The van der Waals surface area contributed by atoms with Gasteiger partial charge in [-0.3, -0.25) is 0 Å². The lowest BCUT2D eigenvalue weighted by Gasteiger charge is -2.48. The van der Waals surface area contributed by atoms with Crippen LogP contribution in [0, 0.1) is 0 Å². The van der Waals surface area contributed by atoms with Gasteiger partial charge in [0.1, 0.15) is 23.7 Å². The van der Waals surface area contributed by atoms with E-state index in [0.29, 0.717) is 5.75 Å². The second-order valence-electron chi connectivity index (χ2n) is 6.44. The third-order valence-corrected chi connectivity index (χ3v) is 4.70. The zero-order valence-electron chi connectivity index (χ0n) is 14.6. The normalized spacial score (nSPS) is 33.5. The van der Waals surface area contributed by atoms with Crippen molar-refractivity contribution in [1.29, 1.82) is 0 Å². The van der Waals surface area contributed by atoms with E-state index in [0.717, 1.165) is 11.3 Å². The summed E-state index contributed by atoms with van der Waals surface area (Å²) in [5.41, 5.74) is 0.895. The van der Waals surface area contributed by atoms with Gasteiger partial charge in [0.05, 0.1) is 13.2 Å². The van der Waals surface area contributed by atoms with E-state index in [1.807, 2.05) is 37.3 Å². The molecule has 1 unspecified atom stereocenters. The maximum Gasteiger partial charge on any atom is 0.229 e. The highest BCUT2D eigenvalue weighted by molar-refractivity contribution is 5.31. The van der Waals surface area contributed by atoms with Gasteiger partial charge in [-0.1, -0.05) is 30.3 Å². The number of ether oxygens (including phenoxy) is 5. The van der Waals surface area contributed by atoms with Crippen LogP contribution in [-0.2, 0) is 14.2 Å². The van der Waals surface area contributed by atoms with Crippen LogP contribution < -0.4 is 9.47 Å². The largest absolute Gasteiger partial charge is 0.497 e. The molecule has 2 aromatic carbocycles. The Morgan fingerprint density at radius 3 is 2.19 bits per heavy atom. The molecule has 26 heavy (non-hydrogen) atoms. The first kappa shape index (κ1) is 17.3. The van der Waals surface area contributed by atoms with E-state index in [9.17, 15) is 5.11 Å². The summed E-state index contributed by atoms with van der Waals surface area (Å²) >= 11 is 0. The first-order valence-corrected chi connectivity index (χ1v) is 8.66. The second kappa shape index (κ2) is 7.25. The molecule has 6 atom stereocenters. The van der Waals surface area contributed by atoms with Crippen LogP contribution in [0.2, 0.25) is 0 Å². The molecule has 2 saturated heterocycles. The Bertz CT molecular complexity index is 719. The number of fused-ring (bicyclic) bond motifs is 2. The summed E-state index contributed by atoms with van der Waals surface area (Å²) in [4.78, 5) is 0. The Morgan fingerprint density at radius 2 is 1.50 bits per heavy atom. The first-order chi connectivity index (χ1) is 12.7. The van der Waals surface area contributed by atoms with Gasteiger partial charge in [-0.05, 0) is 31.2 Å². The maximum absolute atomic E-state index is 10.6. The molecule has 0 aliphatic carbocycles.